The highest BCUT2D eigenvalue weighted by Crippen LogP contribution is 2.40. The first-order valence-electron chi connectivity index (χ1n) is 9.69. The van der Waals surface area contributed by atoms with Crippen LogP contribution in [0.4, 0.5) is 8.78 Å². The molecule has 9 heteroatoms. The van der Waals surface area contributed by atoms with Crippen molar-refractivity contribution in [3.05, 3.63) is 81.1 Å². The molecular formula is C24H17F2NO5S. The third kappa shape index (κ3) is 4.14. The summed E-state index contributed by atoms with van der Waals surface area (Å²) in [5.74, 6) is -2.49. The van der Waals surface area contributed by atoms with Gasteiger partial charge in [-0.1, -0.05) is 0 Å². The molecule has 0 radical (unpaired) electrons. The van der Waals surface area contributed by atoms with Crippen LogP contribution in [0.2, 0.25) is 0 Å². The van der Waals surface area contributed by atoms with Gasteiger partial charge in [0, 0.05) is 41.4 Å². The second-order valence-electron chi connectivity index (χ2n) is 7.25. The van der Waals surface area contributed by atoms with Crippen LogP contribution in [0.3, 0.4) is 0 Å². The number of Topliss-reactive ketones (excluding diaryl/α,β-unsaturated/α-hetero) is 1. The van der Waals surface area contributed by atoms with E-state index in [4.69, 9.17) is 9.47 Å². The number of esters is 1. The van der Waals surface area contributed by atoms with Crippen molar-refractivity contribution < 1.29 is 27.8 Å². The monoisotopic (exact) mass is 469 g/mol. The van der Waals surface area contributed by atoms with Gasteiger partial charge in [0.05, 0.1) is 7.11 Å². The third-order valence-corrected chi connectivity index (χ3v) is 6.14. The van der Waals surface area contributed by atoms with Gasteiger partial charge in [0.1, 0.15) is 21.1 Å². The van der Waals surface area contributed by atoms with Crippen LogP contribution in [0.1, 0.15) is 27.0 Å². The topological polar surface area (TPSA) is 74.6 Å². The predicted molar refractivity (Wildman–Crippen MR) is 120 cm³/mol. The molecule has 0 fully saturated rings. The smallest absolute Gasteiger partial charge is 0.348 e. The minimum absolute atomic E-state index is 0.177. The SMILES string of the molecule is COC(=O)c1cc2c(-c3cc(C(C)=O)ccc3Oc3ccc(F)cc3F)cn(C)c(=O)c2s1. The number of thiophene rings is 1. The summed E-state index contributed by atoms with van der Waals surface area (Å²) in [6.07, 6.45) is 1.55. The fourth-order valence-corrected chi connectivity index (χ4v) is 4.45. The van der Waals surface area contributed by atoms with E-state index in [9.17, 15) is 23.2 Å². The summed E-state index contributed by atoms with van der Waals surface area (Å²) in [5, 5.41) is 0.452. The number of hydrogen-bond acceptors (Lipinski definition) is 6. The maximum absolute atomic E-state index is 14.3. The van der Waals surface area contributed by atoms with E-state index in [0.29, 0.717) is 32.8 Å². The van der Waals surface area contributed by atoms with Crippen molar-refractivity contribution in [3.8, 4) is 22.6 Å². The molecule has 0 bridgehead atoms. The van der Waals surface area contributed by atoms with E-state index in [1.54, 1.807) is 19.3 Å². The highest BCUT2D eigenvalue weighted by Gasteiger charge is 2.21. The minimum atomic E-state index is -0.897. The van der Waals surface area contributed by atoms with Gasteiger partial charge in [-0.25, -0.2) is 13.6 Å². The van der Waals surface area contributed by atoms with Gasteiger partial charge in [0.2, 0.25) is 0 Å². The second-order valence-corrected chi connectivity index (χ2v) is 8.30. The van der Waals surface area contributed by atoms with Crippen LogP contribution < -0.4 is 10.3 Å². The molecule has 0 saturated carbocycles. The number of rotatable bonds is 5. The molecule has 2 heterocycles. The lowest BCUT2D eigenvalue weighted by Crippen LogP contribution is -2.15. The van der Waals surface area contributed by atoms with E-state index < -0.39 is 17.6 Å². The largest absolute Gasteiger partial charge is 0.465 e. The number of hydrogen-bond donors (Lipinski definition) is 0. The lowest BCUT2D eigenvalue weighted by molar-refractivity contribution is 0.0606. The number of nitrogens with zero attached hydrogens (tertiary/aromatic N) is 1. The van der Waals surface area contributed by atoms with Crippen LogP contribution in [-0.2, 0) is 11.8 Å². The normalized spacial score (nSPS) is 10.9. The van der Waals surface area contributed by atoms with Gasteiger partial charge in [0.25, 0.3) is 5.56 Å². The molecule has 0 saturated heterocycles. The Labute approximate surface area is 190 Å². The summed E-state index contributed by atoms with van der Waals surface area (Å²) in [6, 6.07) is 9.04. The number of benzene rings is 2. The number of aromatic nitrogens is 1. The molecule has 0 aliphatic carbocycles. The summed E-state index contributed by atoms with van der Waals surface area (Å²) in [6.45, 7) is 1.40. The van der Waals surface area contributed by atoms with Crippen molar-refractivity contribution in [3.63, 3.8) is 0 Å². The van der Waals surface area contributed by atoms with Crippen LogP contribution in [0.5, 0.6) is 11.5 Å². The van der Waals surface area contributed by atoms with Gasteiger partial charge >= 0.3 is 5.97 Å². The molecule has 4 aromatic rings. The van der Waals surface area contributed by atoms with E-state index in [2.05, 4.69) is 0 Å². The summed E-state index contributed by atoms with van der Waals surface area (Å²) < 4.78 is 39.8. The highest BCUT2D eigenvalue weighted by atomic mass is 32.1. The zero-order valence-corrected chi connectivity index (χ0v) is 18.6. The summed E-state index contributed by atoms with van der Waals surface area (Å²) >= 11 is 0.987. The Kier molecular flexibility index (Phi) is 5.82. The maximum Gasteiger partial charge on any atom is 0.348 e. The molecule has 0 atom stereocenters. The Hall–Kier alpha value is -3.85. The van der Waals surface area contributed by atoms with Crippen molar-refractivity contribution >= 4 is 33.2 Å². The van der Waals surface area contributed by atoms with Gasteiger partial charge in [-0.15, -0.1) is 11.3 Å². The molecule has 0 spiro atoms. The van der Waals surface area contributed by atoms with E-state index in [0.717, 1.165) is 23.5 Å². The van der Waals surface area contributed by atoms with Crippen molar-refractivity contribution in [1.82, 2.24) is 4.57 Å². The molecule has 33 heavy (non-hydrogen) atoms. The number of pyridine rings is 1. The molecule has 0 aliphatic rings. The number of halogens is 2. The average molecular weight is 469 g/mol. The Bertz CT molecular complexity index is 1490. The molecule has 4 rings (SSSR count). The van der Waals surface area contributed by atoms with Crippen LogP contribution in [0, 0.1) is 11.6 Å². The number of fused-ring (bicyclic) bond motifs is 1. The van der Waals surface area contributed by atoms with Crippen molar-refractivity contribution in [2.45, 2.75) is 6.92 Å². The van der Waals surface area contributed by atoms with Gasteiger partial charge in [-0.3, -0.25) is 9.59 Å². The minimum Gasteiger partial charge on any atom is -0.465 e. The third-order valence-electron chi connectivity index (χ3n) is 5.04. The molecule has 6 nitrogen and oxygen atoms in total. The van der Waals surface area contributed by atoms with E-state index in [-0.39, 0.29) is 27.7 Å². The molecule has 0 amide bonds. The van der Waals surface area contributed by atoms with E-state index in [1.165, 1.54) is 36.8 Å². The van der Waals surface area contributed by atoms with Crippen molar-refractivity contribution in [2.75, 3.05) is 7.11 Å². The first kappa shape index (κ1) is 22.3. The van der Waals surface area contributed by atoms with E-state index in [1.807, 2.05) is 0 Å². The van der Waals surface area contributed by atoms with Gasteiger partial charge in [-0.05, 0) is 43.3 Å². The van der Waals surface area contributed by atoms with Gasteiger partial charge < -0.3 is 14.0 Å². The Balaban J connectivity index is 1.99. The van der Waals surface area contributed by atoms with Crippen LogP contribution in [-0.4, -0.2) is 23.4 Å². The first-order chi connectivity index (χ1) is 15.7. The molecule has 0 unspecified atom stereocenters. The van der Waals surface area contributed by atoms with Crippen LogP contribution in [0.15, 0.2) is 53.5 Å². The number of ether oxygens (including phenoxy) is 2. The molecule has 168 valence electrons. The maximum atomic E-state index is 14.3. The Morgan fingerprint density at radius 3 is 2.39 bits per heavy atom. The number of carbonyl (C=O) groups is 2. The quantitative estimate of drug-likeness (QED) is 0.292. The van der Waals surface area contributed by atoms with Crippen molar-refractivity contribution in [2.24, 2.45) is 7.05 Å². The predicted octanol–water partition coefficient (Wildman–Crippen LogP) is 5.33. The lowest BCUT2D eigenvalue weighted by Gasteiger charge is -2.15. The standard InChI is InChI=1S/C24H17F2NO5S/c1-12(28)13-4-6-19(32-20-7-5-14(25)9-18(20)26)15(8-13)17-11-27(2)23(29)22-16(17)10-21(33-22)24(30)31-3/h4-11H,1-3H3. The Morgan fingerprint density at radius 1 is 1.00 bits per heavy atom. The van der Waals surface area contributed by atoms with E-state index >= 15 is 0 Å². The number of aryl methyl sites for hydroxylation is 1. The average Bonchev–Trinajstić information content (AvgIpc) is 3.23. The molecular weight excluding hydrogens is 452 g/mol. The lowest BCUT2D eigenvalue weighted by atomic mass is 9.99. The summed E-state index contributed by atoms with van der Waals surface area (Å²) in [7, 11) is 2.79. The number of ketones is 1. The number of carbonyl (C=O) groups excluding carboxylic acids is 2. The molecule has 2 aromatic heterocycles. The molecule has 0 aliphatic heterocycles. The summed E-state index contributed by atoms with van der Waals surface area (Å²) in [4.78, 5) is 37.1. The summed E-state index contributed by atoms with van der Waals surface area (Å²) in [5.41, 5.74) is 0.923. The Morgan fingerprint density at radius 2 is 1.73 bits per heavy atom. The van der Waals surface area contributed by atoms with Crippen LogP contribution in [0.25, 0.3) is 21.2 Å². The second kappa shape index (κ2) is 8.59. The van der Waals surface area contributed by atoms with Gasteiger partial charge in [0.15, 0.2) is 17.3 Å². The van der Waals surface area contributed by atoms with Crippen molar-refractivity contribution in [1.29, 1.82) is 0 Å². The number of methoxy groups -OCH3 is 1. The van der Waals surface area contributed by atoms with Crippen LogP contribution >= 0.6 is 11.3 Å². The fraction of sp³-hybridized carbons (Fsp3) is 0.125. The first-order valence-corrected chi connectivity index (χ1v) is 10.5. The molecule has 2 aromatic carbocycles. The highest BCUT2D eigenvalue weighted by molar-refractivity contribution is 7.20. The molecule has 0 N–H and O–H groups in total. The zero-order valence-electron chi connectivity index (χ0n) is 17.8. The zero-order chi connectivity index (χ0) is 23.9. The van der Waals surface area contributed by atoms with Gasteiger partial charge in [-0.2, -0.15) is 0 Å². The fourth-order valence-electron chi connectivity index (χ4n) is 3.37.